The van der Waals surface area contributed by atoms with Crippen molar-refractivity contribution < 1.29 is 14.3 Å². The van der Waals surface area contributed by atoms with Crippen molar-refractivity contribution in [3.05, 3.63) is 72.6 Å². The number of carbonyl (C=O) groups is 1. The standard InChI is InChI=1S/C20H20N4O3S/c1-26-14-9-10-18(27-2)16(13-14)21-20(28)23-22-19(25)15-7-3-4-8-17(15)24-11-5-6-12-24/h3-13H,1-2H3,(H,22,25)(H2,21,23,28). The predicted octanol–water partition coefficient (Wildman–Crippen LogP) is 3.13. The van der Waals surface area contributed by atoms with E-state index in [1.807, 2.05) is 41.2 Å². The van der Waals surface area contributed by atoms with Crippen molar-refractivity contribution in [2.24, 2.45) is 0 Å². The Hall–Kier alpha value is -3.52. The molecule has 0 radical (unpaired) electrons. The molecule has 0 spiro atoms. The molecule has 0 atom stereocenters. The Morgan fingerprint density at radius 2 is 1.71 bits per heavy atom. The highest BCUT2D eigenvalue weighted by Gasteiger charge is 2.13. The van der Waals surface area contributed by atoms with Crippen LogP contribution >= 0.6 is 12.2 Å². The SMILES string of the molecule is COc1ccc(OC)c(NC(=S)NNC(=O)c2ccccc2-n2cccc2)c1. The summed E-state index contributed by atoms with van der Waals surface area (Å²) in [5.41, 5.74) is 7.20. The maximum Gasteiger partial charge on any atom is 0.271 e. The molecule has 0 aliphatic rings. The molecule has 28 heavy (non-hydrogen) atoms. The minimum absolute atomic E-state index is 0.207. The Morgan fingerprint density at radius 1 is 0.964 bits per heavy atom. The van der Waals surface area contributed by atoms with E-state index in [0.29, 0.717) is 22.7 Å². The first kappa shape index (κ1) is 19.2. The van der Waals surface area contributed by atoms with Crippen LogP contribution in [0.25, 0.3) is 5.69 Å². The second kappa shape index (κ2) is 8.92. The summed E-state index contributed by atoms with van der Waals surface area (Å²) in [5.74, 6) is 0.927. The predicted molar refractivity (Wildman–Crippen MR) is 112 cm³/mol. The number of hydrogen-bond acceptors (Lipinski definition) is 4. The zero-order chi connectivity index (χ0) is 19.9. The molecule has 7 nitrogen and oxygen atoms in total. The number of anilines is 1. The van der Waals surface area contributed by atoms with Gasteiger partial charge in [-0.3, -0.25) is 15.6 Å². The number of aromatic nitrogens is 1. The molecule has 0 bridgehead atoms. The highest BCUT2D eigenvalue weighted by Crippen LogP contribution is 2.28. The monoisotopic (exact) mass is 396 g/mol. The van der Waals surface area contributed by atoms with Gasteiger partial charge in [0.2, 0.25) is 0 Å². The highest BCUT2D eigenvalue weighted by molar-refractivity contribution is 7.80. The van der Waals surface area contributed by atoms with E-state index in [2.05, 4.69) is 16.2 Å². The minimum Gasteiger partial charge on any atom is -0.497 e. The van der Waals surface area contributed by atoms with E-state index >= 15 is 0 Å². The van der Waals surface area contributed by atoms with Crippen molar-refractivity contribution in [2.75, 3.05) is 19.5 Å². The van der Waals surface area contributed by atoms with Crippen molar-refractivity contribution in [1.82, 2.24) is 15.4 Å². The van der Waals surface area contributed by atoms with Crippen molar-refractivity contribution >= 4 is 28.9 Å². The van der Waals surface area contributed by atoms with Gasteiger partial charge in [0, 0.05) is 18.5 Å². The average Bonchev–Trinajstić information content (AvgIpc) is 3.26. The molecule has 3 rings (SSSR count). The smallest absolute Gasteiger partial charge is 0.271 e. The molecule has 8 heteroatoms. The third kappa shape index (κ3) is 4.41. The molecule has 0 fully saturated rings. The maximum absolute atomic E-state index is 12.6. The van der Waals surface area contributed by atoms with E-state index in [0.717, 1.165) is 5.69 Å². The van der Waals surface area contributed by atoms with E-state index in [4.69, 9.17) is 21.7 Å². The molecule has 3 aromatic rings. The Labute approximate surface area is 168 Å². The molecule has 0 aliphatic heterocycles. The summed E-state index contributed by atoms with van der Waals surface area (Å²) >= 11 is 5.27. The molecule has 144 valence electrons. The van der Waals surface area contributed by atoms with Crippen LogP contribution in [0.3, 0.4) is 0 Å². The van der Waals surface area contributed by atoms with Crippen LogP contribution in [-0.4, -0.2) is 29.8 Å². The van der Waals surface area contributed by atoms with Gasteiger partial charge in [-0.25, -0.2) is 0 Å². The highest BCUT2D eigenvalue weighted by atomic mass is 32.1. The van der Waals surface area contributed by atoms with E-state index in [1.54, 1.807) is 44.6 Å². The Kier molecular flexibility index (Phi) is 6.13. The summed E-state index contributed by atoms with van der Waals surface area (Å²) < 4.78 is 12.4. The lowest BCUT2D eigenvalue weighted by atomic mass is 10.1. The number of hydrogen-bond donors (Lipinski definition) is 3. The lowest BCUT2D eigenvalue weighted by Crippen LogP contribution is -2.44. The van der Waals surface area contributed by atoms with Crippen molar-refractivity contribution in [1.29, 1.82) is 0 Å². The number of hydrazine groups is 1. The van der Waals surface area contributed by atoms with Crippen LogP contribution in [0.5, 0.6) is 11.5 Å². The van der Waals surface area contributed by atoms with Crippen molar-refractivity contribution in [3.63, 3.8) is 0 Å². The van der Waals surface area contributed by atoms with Crippen molar-refractivity contribution in [3.8, 4) is 17.2 Å². The first-order valence-corrected chi connectivity index (χ1v) is 8.85. The second-order valence-corrected chi connectivity index (χ2v) is 6.12. The molecular weight excluding hydrogens is 376 g/mol. The van der Waals surface area contributed by atoms with E-state index < -0.39 is 0 Å². The van der Waals surface area contributed by atoms with Gasteiger partial charge < -0.3 is 19.4 Å². The first-order chi connectivity index (χ1) is 13.6. The summed E-state index contributed by atoms with van der Waals surface area (Å²) in [6.45, 7) is 0. The quantitative estimate of drug-likeness (QED) is 0.454. The van der Waals surface area contributed by atoms with Gasteiger partial charge in [0.25, 0.3) is 5.91 Å². The number of methoxy groups -OCH3 is 2. The minimum atomic E-state index is -0.314. The van der Waals surface area contributed by atoms with Gasteiger partial charge in [0.1, 0.15) is 11.5 Å². The van der Waals surface area contributed by atoms with Gasteiger partial charge in [0.15, 0.2) is 5.11 Å². The van der Waals surface area contributed by atoms with Crippen LogP contribution in [0, 0.1) is 0 Å². The van der Waals surface area contributed by atoms with Crippen LogP contribution in [0.1, 0.15) is 10.4 Å². The largest absolute Gasteiger partial charge is 0.497 e. The molecular formula is C20H20N4O3S. The molecule has 0 unspecified atom stereocenters. The normalized spacial score (nSPS) is 10.1. The summed E-state index contributed by atoms with van der Waals surface area (Å²) in [6.07, 6.45) is 3.75. The average molecular weight is 396 g/mol. The van der Waals surface area contributed by atoms with Gasteiger partial charge in [-0.2, -0.15) is 0 Å². The number of benzene rings is 2. The Bertz CT molecular complexity index is 973. The third-order valence-electron chi connectivity index (χ3n) is 3.98. The van der Waals surface area contributed by atoms with Gasteiger partial charge in [-0.05, 0) is 48.6 Å². The zero-order valence-corrected chi connectivity index (χ0v) is 16.2. The first-order valence-electron chi connectivity index (χ1n) is 8.44. The number of carbonyl (C=O) groups excluding carboxylic acids is 1. The van der Waals surface area contributed by atoms with Crippen LogP contribution in [0.15, 0.2) is 67.0 Å². The molecule has 0 saturated heterocycles. The van der Waals surface area contributed by atoms with Crippen LogP contribution in [0.2, 0.25) is 0 Å². The van der Waals surface area contributed by atoms with E-state index in [9.17, 15) is 4.79 Å². The summed E-state index contributed by atoms with van der Waals surface area (Å²) in [7, 11) is 3.13. The summed E-state index contributed by atoms with van der Waals surface area (Å²) in [4.78, 5) is 12.6. The number of para-hydroxylation sites is 1. The lowest BCUT2D eigenvalue weighted by Gasteiger charge is -2.16. The Balaban J connectivity index is 1.67. The summed E-state index contributed by atoms with van der Waals surface area (Å²) in [6, 6.07) is 16.4. The number of amides is 1. The second-order valence-electron chi connectivity index (χ2n) is 5.71. The number of nitrogens with one attached hydrogen (secondary N) is 3. The summed E-state index contributed by atoms with van der Waals surface area (Å²) in [5, 5.41) is 3.19. The molecule has 0 aliphatic carbocycles. The number of thiocarbonyl (C=S) groups is 1. The van der Waals surface area contributed by atoms with E-state index in [1.165, 1.54) is 0 Å². The van der Waals surface area contributed by atoms with Crippen molar-refractivity contribution in [2.45, 2.75) is 0 Å². The number of rotatable bonds is 5. The molecule has 2 aromatic carbocycles. The molecule has 1 heterocycles. The number of ether oxygens (including phenoxy) is 2. The topological polar surface area (TPSA) is 76.6 Å². The van der Waals surface area contributed by atoms with Crippen LogP contribution < -0.4 is 25.6 Å². The van der Waals surface area contributed by atoms with Crippen LogP contribution in [-0.2, 0) is 0 Å². The zero-order valence-electron chi connectivity index (χ0n) is 15.4. The van der Waals surface area contributed by atoms with Gasteiger partial charge in [-0.1, -0.05) is 12.1 Å². The van der Waals surface area contributed by atoms with Gasteiger partial charge in [-0.15, -0.1) is 0 Å². The van der Waals surface area contributed by atoms with E-state index in [-0.39, 0.29) is 11.0 Å². The van der Waals surface area contributed by atoms with Crippen LogP contribution in [0.4, 0.5) is 5.69 Å². The Morgan fingerprint density at radius 3 is 2.43 bits per heavy atom. The third-order valence-corrected chi connectivity index (χ3v) is 4.18. The fourth-order valence-electron chi connectivity index (χ4n) is 2.63. The fraction of sp³-hybridized carbons (Fsp3) is 0.100. The number of nitrogens with zero attached hydrogens (tertiary/aromatic N) is 1. The molecule has 0 saturated carbocycles. The molecule has 1 amide bonds. The molecule has 3 N–H and O–H groups in total. The van der Waals surface area contributed by atoms with Gasteiger partial charge >= 0.3 is 0 Å². The molecule has 1 aromatic heterocycles. The lowest BCUT2D eigenvalue weighted by molar-refractivity contribution is 0.0944. The maximum atomic E-state index is 12.6. The van der Waals surface area contributed by atoms with Gasteiger partial charge in [0.05, 0.1) is 31.2 Å². The fourth-order valence-corrected chi connectivity index (χ4v) is 2.79.